The molecule has 0 heterocycles. The Kier molecular flexibility index (Phi) is 14.0. The molecule has 2 N–H and O–H groups in total. The fraction of sp³-hybridized carbons (Fsp3) is 0.600. The van der Waals surface area contributed by atoms with Crippen molar-refractivity contribution in [3.63, 3.8) is 0 Å². The summed E-state index contributed by atoms with van der Waals surface area (Å²) in [6.45, 7) is 1.62. The molecule has 0 bridgehead atoms. The monoisotopic (exact) mass is 249 g/mol. The van der Waals surface area contributed by atoms with Crippen LogP contribution in [-0.2, 0) is 0 Å². The molecule has 0 amide bonds. The van der Waals surface area contributed by atoms with E-state index in [0.29, 0.717) is 8.64 Å². The molecule has 0 aliphatic heterocycles. The van der Waals surface area contributed by atoms with Crippen LogP contribution in [0.15, 0.2) is 0 Å². The number of thiocarbonyl (C=S) groups is 2. The second-order valence-corrected chi connectivity index (χ2v) is 4.13. The zero-order valence-electron chi connectivity index (χ0n) is 6.83. The number of rotatable bonds is 4. The Balaban J connectivity index is 0. The number of hydrogen-bond acceptors (Lipinski definition) is 2. The molecule has 12 heavy (non-hydrogen) atoms. The maximum Gasteiger partial charge on any atom is 0.130 e. The molecule has 2 nitrogen and oxygen atoms in total. The Morgan fingerprint density at radius 2 is 1.33 bits per heavy atom. The maximum atomic E-state index is 4.69. The third kappa shape index (κ3) is 14.0. The molecule has 0 aromatic rings. The van der Waals surface area contributed by atoms with Crippen molar-refractivity contribution < 1.29 is 0 Å². The van der Waals surface area contributed by atoms with E-state index in [-0.39, 0.29) is 29.6 Å². The van der Waals surface area contributed by atoms with E-state index in [1.807, 2.05) is 0 Å². The van der Waals surface area contributed by atoms with Gasteiger partial charge in [0.25, 0.3) is 0 Å². The quantitative estimate of drug-likeness (QED) is 0.254. The van der Waals surface area contributed by atoms with E-state index in [1.165, 1.54) is 0 Å². The van der Waals surface area contributed by atoms with Crippen molar-refractivity contribution in [2.45, 2.75) is 6.42 Å². The molecule has 0 unspecified atom stereocenters. The van der Waals surface area contributed by atoms with Gasteiger partial charge in [-0.3, -0.25) is 0 Å². The molecular formula is C5H10N2NaS4. The molecule has 0 fully saturated rings. The molecule has 65 valence electrons. The third-order valence-electron chi connectivity index (χ3n) is 0.906. The summed E-state index contributed by atoms with van der Waals surface area (Å²) >= 11 is 17.2. The SMILES string of the molecule is S=C(S)NCCCNC(=S)S.[Na]. The van der Waals surface area contributed by atoms with Crippen molar-refractivity contribution in [1.82, 2.24) is 10.6 Å². The largest absolute Gasteiger partial charge is 0.371 e. The second kappa shape index (κ2) is 10.6. The van der Waals surface area contributed by atoms with Crippen molar-refractivity contribution in [3.05, 3.63) is 0 Å². The van der Waals surface area contributed by atoms with Gasteiger partial charge in [0.1, 0.15) is 8.64 Å². The summed E-state index contributed by atoms with van der Waals surface area (Å²) in [4.78, 5) is 0. The molecular weight excluding hydrogens is 239 g/mol. The number of nitrogens with one attached hydrogen (secondary N) is 2. The van der Waals surface area contributed by atoms with E-state index in [2.05, 4.69) is 60.3 Å². The smallest absolute Gasteiger partial charge is 0.130 e. The molecule has 7 heteroatoms. The minimum absolute atomic E-state index is 0. The molecule has 0 atom stereocenters. The van der Waals surface area contributed by atoms with Crippen LogP contribution in [0.2, 0.25) is 0 Å². The van der Waals surface area contributed by atoms with Crippen molar-refractivity contribution >= 4 is 87.9 Å². The van der Waals surface area contributed by atoms with Crippen molar-refractivity contribution in [2.75, 3.05) is 13.1 Å². The first-order valence-electron chi connectivity index (χ1n) is 3.06. The van der Waals surface area contributed by atoms with Gasteiger partial charge in [-0.2, -0.15) is 0 Å². The van der Waals surface area contributed by atoms with Crippen LogP contribution in [0.4, 0.5) is 0 Å². The van der Waals surface area contributed by atoms with Crippen molar-refractivity contribution in [1.29, 1.82) is 0 Å². The molecule has 0 saturated carbocycles. The number of hydrogen-bond donors (Lipinski definition) is 4. The first-order chi connectivity index (χ1) is 5.13. The molecule has 0 aliphatic carbocycles. The molecule has 0 aliphatic rings. The van der Waals surface area contributed by atoms with Crippen LogP contribution in [0.25, 0.3) is 0 Å². The molecule has 0 aromatic carbocycles. The standard InChI is InChI=1S/C5H10N2S4.Na/c8-4(9)6-2-1-3-7-5(10)11;/h1-3H2,(H2,6,8,9)(H2,7,10,11);. The van der Waals surface area contributed by atoms with Crippen LogP contribution >= 0.6 is 49.7 Å². The van der Waals surface area contributed by atoms with Crippen LogP contribution < -0.4 is 10.6 Å². The topological polar surface area (TPSA) is 24.1 Å². The first kappa shape index (κ1) is 15.9. The minimum Gasteiger partial charge on any atom is -0.371 e. The van der Waals surface area contributed by atoms with Crippen molar-refractivity contribution in [2.24, 2.45) is 0 Å². The normalized spacial score (nSPS) is 8.17. The summed E-state index contributed by atoms with van der Waals surface area (Å²) in [7, 11) is 0. The van der Waals surface area contributed by atoms with Gasteiger partial charge in [-0.1, -0.05) is 24.4 Å². The van der Waals surface area contributed by atoms with Crippen LogP contribution in [0, 0.1) is 0 Å². The Bertz CT molecular complexity index is 136. The Labute approximate surface area is 117 Å². The van der Waals surface area contributed by atoms with Gasteiger partial charge in [0.2, 0.25) is 0 Å². The van der Waals surface area contributed by atoms with E-state index in [9.17, 15) is 0 Å². The predicted molar refractivity (Wildman–Crippen MR) is 69.5 cm³/mol. The van der Waals surface area contributed by atoms with Crippen LogP contribution in [0.1, 0.15) is 6.42 Å². The zero-order chi connectivity index (χ0) is 8.69. The molecule has 0 saturated heterocycles. The summed E-state index contributed by atoms with van der Waals surface area (Å²) in [5, 5.41) is 5.81. The maximum absolute atomic E-state index is 4.69. The summed E-state index contributed by atoms with van der Waals surface area (Å²) in [5.74, 6) is 0. The second-order valence-electron chi connectivity index (χ2n) is 1.82. The Morgan fingerprint density at radius 3 is 1.58 bits per heavy atom. The van der Waals surface area contributed by atoms with Crippen LogP contribution in [-0.4, -0.2) is 51.3 Å². The van der Waals surface area contributed by atoms with E-state index >= 15 is 0 Å². The van der Waals surface area contributed by atoms with E-state index in [1.54, 1.807) is 0 Å². The Morgan fingerprint density at radius 1 is 1.00 bits per heavy atom. The molecule has 0 rings (SSSR count). The van der Waals surface area contributed by atoms with E-state index in [0.717, 1.165) is 19.5 Å². The number of thiol groups is 2. The fourth-order valence-electron chi connectivity index (χ4n) is 0.479. The summed E-state index contributed by atoms with van der Waals surface area (Å²) in [6.07, 6.45) is 0.946. The van der Waals surface area contributed by atoms with Gasteiger partial charge in [0.05, 0.1) is 0 Å². The van der Waals surface area contributed by atoms with Crippen LogP contribution in [0.5, 0.6) is 0 Å². The summed E-state index contributed by atoms with van der Waals surface area (Å²) in [5.41, 5.74) is 0. The van der Waals surface area contributed by atoms with Gasteiger partial charge < -0.3 is 10.6 Å². The van der Waals surface area contributed by atoms with Crippen LogP contribution in [0.3, 0.4) is 0 Å². The van der Waals surface area contributed by atoms with Gasteiger partial charge in [0.15, 0.2) is 0 Å². The zero-order valence-corrected chi connectivity index (χ0v) is 12.3. The summed E-state index contributed by atoms with van der Waals surface area (Å²) < 4.78 is 1.05. The van der Waals surface area contributed by atoms with E-state index in [4.69, 9.17) is 0 Å². The fourth-order valence-corrected chi connectivity index (χ4v) is 0.907. The van der Waals surface area contributed by atoms with Gasteiger partial charge in [-0.15, -0.1) is 25.3 Å². The predicted octanol–water partition coefficient (Wildman–Crippen LogP) is 0.604. The third-order valence-corrected chi connectivity index (χ3v) is 1.51. The van der Waals surface area contributed by atoms with Gasteiger partial charge in [-0.05, 0) is 6.42 Å². The molecule has 0 spiro atoms. The minimum atomic E-state index is 0. The van der Waals surface area contributed by atoms with E-state index < -0.39 is 0 Å². The molecule has 0 aromatic heterocycles. The van der Waals surface area contributed by atoms with Gasteiger partial charge in [-0.25, -0.2) is 0 Å². The average molecular weight is 249 g/mol. The molecule has 1 radical (unpaired) electrons. The van der Waals surface area contributed by atoms with Gasteiger partial charge >= 0.3 is 0 Å². The van der Waals surface area contributed by atoms with Crippen molar-refractivity contribution in [3.8, 4) is 0 Å². The average Bonchev–Trinajstić information content (AvgIpc) is 1.85. The first-order valence-corrected chi connectivity index (χ1v) is 4.77. The Hall–Kier alpha value is 1.48. The summed E-state index contributed by atoms with van der Waals surface area (Å²) in [6, 6.07) is 0. The van der Waals surface area contributed by atoms with Gasteiger partial charge in [0, 0.05) is 42.6 Å².